The van der Waals surface area contributed by atoms with Crippen LogP contribution in [0, 0.1) is 5.82 Å². The van der Waals surface area contributed by atoms with Crippen LogP contribution in [-0.4, -0.2) is 74.2 Å². The van der Waals surface area contributed by atoms with Gasteiger partial charge in [-0.1, -0.05) is 30.3 Å². The van der Waals surface area contributed by atoms with E-state index in [0.717, 1.165) is 30.4 Å². The first-order chi connectivity index (χ1) is 17.5. The minimum atomic E-state index is -3.41. The zero-order chi connectivity index (χ0) is 26.4. The number of nitrogens with zero attached hydrogens (tertiary/aromatic N) is 3. The van der Waals surface area contributed by atoms with Crippen LogP contribution in [0.1, 0.15) is 24.8 Å². The molecule has 3 heterocycles. The number of allylic oxidation sites excluding steroid dienone is 1. The molecule has 2 aliphatic rings. The third-order valence-electron chi connectivity index (χ3n) is 6.45. The Morgan fingerprint density at radius 1 is 1.24 bits per heavy atom. The lowest BCUT2D eigenvalue weighted by atomic mass is 9.90. The maximum absolute atomic E-state index is 14.9. The molecule has 1 fully saturated rings. The number of alkyl halides is 2. The molecule has 1 aliphatic heterocycles. The lowest BCUT2D eigenvalue weighted by Crippen LogP contribution is -2.43. The molecule has 3 aromatic rings. The van der Waals surface area contributed by atoms with Gasteiger partial charge in [0.05, 0.1) is 24.8 Å². The summed E-state index contributed by atoms with van der Waals surface area (Å²) >= 11 is 0. The molecule has 1 aromatic carbocycles. The molecular weight excluding hydrogens is 509 g/mol. The van der Waals surface area contributed by atoms with Crippen LogP contribution in [0.25, 0.3) is 28.0 Å². The second-order valence-corrected chi connectivity index (χ2v) is 12.1. The molecule has 1 saturated heterocycles. The molecule has 5 rings (SSSR count). The van der Waals surface area contributed by atoms with E-state index >= 15 is 0 Å². The van der Waals surface area contributed by atoms with Crippen molar-refractivity contribution in [2.75, 3.05) is 25.7 Å². The maximum Gasteiger partial charge on any atom is 0.314 e. The molecule has 1 unspecified atom stereocenters. The molecule has 2 N–H and O–H groups in total. The Bertz CT molecular complexity index is 1460. The van der Waals surface area contributed by atoms with Crippen LogP contribution in [0.4, 0.5) is 13.2 Å². The van der Waals surface area contributed by atoms with E-state index in [1.807, 2.05) is 12.1 Å². The zero-order valence-corrected chi connectivity index (χ0v) is 21.1. The lowest BCUT2D eigenvalue weighted by molar-refractivity contribution is -0.118. The Hall–Kier alpha value is -2.96. The Labute approximate surface area is 212 Å². The van der Waals surface area contributed by atoms with Crippen molar-refractivity contribution in [3.05, 3.63) is 47.8 Å². The summed E-state index contributed by atoms with van der Waals surface area (Å²) in [4.78, 5) is 11.0. The van der Waals surface area contributed by atoms with Gasteiger partial charge < -0.3 is 19.6 Å². The van der Waals surface area contributed by atoms with Gasteiger partial charge in [-0.2, -0.15) is 13.8 Å². The van der Waals surface area contributed by atoms with Crippen molar-refractivity contribution in [3.8, 4) is 17.3 Å². The van der Waals surface area contributed by atoms with Gasteiger partial charge in [0.15, 0.2) is 17.6 Å². The first-order valence-electron chi connectivity index (χ1n) is 11.8. The highest BCUT2D eigenvalue weighted by Gasteiger charge is 2.55. The highest BCUT2D eigenvalue weighted by Crippen LogP contribution is 2.35. The van der Waals surface area contributed by atoms with Crippen LogP contribution in [0.5, 0.6) is 6.01 Å². The molecule has 198 valence electrons. The minimum Gasteiger partial charge on any atom is -0.452 e. The van der Waals surface area contributed by atoms with E-state index in [-0.39, 0.29) is 28.9 Å². The Balaban J connectivity index is 1.34. The lowest BCUT2D eigenvalue weighted by Gasteiger charge is -2.20. The van der Waals surface area contributed by atoms with Gasteiger partial charge in [0.2, 0.25) is 0 Å². The summed E-state index contributed by atoms with van der Waals surface area (Å²) in [5, 5.41) is 9.06. The number of halogens is 3. The first kappa shape index (κ1) is 25.7. The van der Waals surface area contributed by atoms with Gasteiger partial charge >= 0.3 is 5.92 Å². The number of pyridine rings is 1. The molecular formula is C25H27F3N4O4S. The number of ether oxygens (including phenoxy) is 2. The number of fused-ring (bicyclic) bond motifs is 1. The van der Waals surface area contributed by atoms with E-state index < -0.39 is 46.9 Å². The largest absolute Gasteiger partial charge is 0.452 e. The van der Waals surface area contributed by atoms with Crippen molar-refractivity contribution in [1.29, 1.82) is 0 Å². The highest BCUT2D eigenvalue weighted by molar-refractivity contribution is 7.92. The van der Waals surface area contributed by atoms with E-state index in [1.54, 1.807) is 24.6 Å². The van der Waals surface area contributed by atoms with Crippen LogP contribution in [0.3, 0.4) is 0 Å². The summed E-state index contributed by atoms with van der Waals surface area (Å²) in [5.41, 5.74) is 3.09. The molecule has 37 heavy (non-hydrogen) atoms. The molecule has 1 aliphatic carbocycles. The number of aromatic nitrogens is 3. The second-order valence-electron chi connectivity index (χ2n) is 9.54. The molecule has 0 bridgehead atoms. The van der Waals surface area contributed by atoms with Gasteiger partial charge in [-0.3, -0.25) is 4.21 Å². The van der Waals surface area contributed by atoms with Crippen LogP contribution < -0.4 is 4.74 Å². The van der Waals surface area contributed by atoms with E-state index in [1.165, 1.54) is 6.07 Å². The third kappa shape index (κ3) is 5.36. The van der Waals surface area contributed by atoms with E-state index in [4.69, 9.17) is 14.6 Å². The Kier molecular flexibility index (Phi) is 6.75. The molecule has 8 nitrogen and oxygen atoms in total. The van der Waals surface area contributed by atoms with Gasteiger partial charge in [0.1, 0.15) is 11.8 Å². The van der Waals surface area contributed by atoms with Crippen molar-refractivity contribution >= 4 is 26.5 Å². The number of aromatic amines is 1. The highest BCUT2D eigenvalue weighted by atomic mass is 32.2. The predicted molar refractivity (Wildman–Crippen MR) is 134 cm³/mol. The fraction of sp³-hybridized carbons (Fsp3) is 0.440. The number of aliphatic hydroxyl groups is 1. The molecule has 0 radical (unpaired) electrons. The van der Waals surface area contributed by atoms with Crippen molar-refractivity contribution < 1.29 is 32.0 Å². The molecule has 0 spiro atoms. The summed E-state index contributed by atoms with van der Waals surface area (Å²) in [6.07, 6.45) is 4.45. The van der Waals surface area contributed by atoms with Crippen LogP contribution in [-0.2, 0) is 14.5 Å². The van der Waals surface area contributed by atoms with Gasteiger partial charge in [-0.05, 0) is 30.4 Å². The van der Waals surface area contributed by atoms with Gasteiger partial charge in [-0.25, -0.2) is 13.7 Å². The summed E-state index contributed by atoms with van der Waals surface area (Å²) in [5.74, 6) is -4.01. The fourth-order valence-electron chi connectivity index (χ4n) is 4.59. The number of aliphatic hydroxyl groups excluding tert-OH is 1. The Morgan fingerprint density at radius 2 is 1.97 bits per heavy atom. The standard InChI is InChI=1S/C25H27F3N4O4S/c1-37(2,34)32-17-9-7-15(8-10-17)14-3-5-16(6-4-14)22-18(26)11-19-23(30-22)31-24(29-19)36-21-13-35-20(12-33)25(21,27)28/h3-7,11,17,20-21,33H,8-10,12-13H2,1-2H3,(H,29,30,31)/t17?,20-,21-/m1/s1. The zero-order valence-electron chi connectivity index (χ0n) is 20.3. The predicted octanol–water partition coefficient (Wildman–Crippen LogP) is 4.20. The smallest absolute Gasteiger partial charge is 0.314 e. The normalized spacial score (nSPS) is 23.7. The number of nitrogens with one attached hydrogen (secondary N) is 1. The molecule has 3 atom stereocenters. The fourth-order valence-corrected chi connectivity index (χ4v) is 5.50. The number of benzene rings is 1. The van der Waals surface area contributed by atoms with E-state index in [9.17, 15) is 17.4 Å². The first-order valence-corrected chi connectivity index (χ1v) is 14.2. The number of rotatable bonds is 6. The monoisotopic (exact) mass is 536 g/mol. The molecule has 0 saturated carbocycles. The average Bonchev–Trinajstić information content (AvgIpc) is 3.36. The SMILES string of the molecule is CS(C)(=O)=NC1CC=C(c2ccc(-c3nc4nc(O[C@@H]5CO[C@H](CO)C5(F)F)[nH]c4cc3F)cc2)CC1. The number of H-pyrrole nitrogens is 1. The summed E-state index contributed by atoms with van der Waals surface area (Å²) in [7, 11) is -2.14. The number of hydrogen-bond acceptors (Lipinski definition) is 7. The molecule has 0 amide bonds. The summed E-state index contributed by atoms with van der Waals surface area (Å²) in [6.45, 7) is -1.26. The number of hydrogen-bond donors (Lipinski definition) is 2. The van der Waals surface area contributed by atoms with Crippen LogP contribution in [0.15, 0.2) is 40.8 Å². The molecule has 12 heteroatoms. The summed E-state index contributed by atoms with van der Waals surface area (Å²) < 4.78 is 69.9. The molecule has 2 aromatic heterocycles. The van der Waals surface area contributed by atoms with Gasteiger partial charge in [0.25, 0.3) is 6.01 Å². The van der Waals surface area contributed by atoms with Crippen LogP contribution >= 0.6 is 0 Å². The maximum atomic E-state index is 14.9. The van der Waals surface area contributed by atoms with Crippen LogP contribution in [0.2, 0.25) is 0 Å². The van der Waals surface area contributed by atoms with Crippen molar-refractivity contribution in [2.24, 2.45) is 4.36 Å². The van der Waals surface area contributed by atoms with Gasteiger partial charge in [-0.15, -0.1) is 0 Å². The third-order valence-corrected chi connectivity index (χ3v) is 7.25. The Morgan fingerprint density at radius 3 is 2.59 bits per heavy atom. The van der Waals surface area contributed by atoms with Gasteiger partial charge in [0, 0.05) is 33.9 Å². The van der Waals surface area contributed by atoms with E-state index in [0.29, 0.717) is 5.56 Å². The van der Waals surface area contributed by atoms with Crippen molar-refractivity contribution in [1.82, 2.24) is 15.0 Å². The number of imidazole rings is 1. The summed E-state index contributed by atoms with van der Waals surface area (Å²) in [6, 6.07) is 8.34. The van der Waals surface area contributed by atoms with Crippen molar-refractivity contribution in [3.63, 3.8) is 0 Å². The average molecular weight is 537 g/mol. The minimum absolute atomic E-state index is 0.0572. The van der Waals surface area contributed by atoms with Crippen molar-refractivity contribution in [2.45, 2.75) is 43.4 Å². The quantitative estimate of drug-likeness (QED) is 0.489. The van der Waals surface area contributed by atoms with E-state index in [2.05, 4.69) is 25.4 Å². The second kappa shape index (κ2) is 9.73. The topological polar surface area (TPSA) is 110 Å².